The average molecular weight is 368 g/mol. The highest BCUT2D eigenvalue weighted by molar-refractivity contribution is 7.86. The van der Waals surface area contributed by atoms with Crippen LogP contribution in [0, 0.1) is 0 Å². The summed E-state index contributed by atoms with van der Waals surface area (Å²) in [7, 11) is -4.47. The molecule has 0 aliphatic rings. The van der Waals surface area contributed by atoms with Gasteiger partial charge in [-0.25, -0.2) is 0 Å². The summed E-state index contributed by atoms with van der Waals surface area (Å²) in [6, 6.07) is 18.9. The second-order valence-electron chi connectivity index (χ2n) is 5.61. The molecule has 1 heterocycles. The van der Waals surface area contributed by atoms with E-state index in [9.17, 15) is 17.8 Å². The fraction of sp³-hybridized carbons (Fsp3) is 0. The predicted octanol–water partition coefficient (Wildman–Crippen LogP) is 4.53. The first-order valence-electron chi connectivity index (χ1n) is 7.48. The van der Waals surface area contributed by atoms with Crippen LogP contribution in [0.2, 0.25) is 0 Å². The Kier molecular flexibility index (Phi) is 3.68. The molecule has 0 saturated carbocycles. The van der Waals surface area contributed by atoms with Crippen LogP contribution in [0.5, 0.6) is 0 Å². The lowest BCUT2D eigenvalue weighted by Crippen LogP contribution is -2.09. The third-order valence-corrected chi connectivity index (χ3v) is 6.11. The first kappa shape index (κ1) is 16.0. The van der Waals surface area contributed by atoms with Gasteiger partial charge in [0, 0.05) is 31.3 Å². The van der Waals surface area contributed by atoms with Gasteiger partial charge in [-0.05, 0) is 36.4 Å². The molecule has 0 radical (unpaired) electrons. The van der Waals surface area contributed by atoms with Crippen molar-refractivity contribution < 1.29 is 17.8 Å². The maximum absolute atomic E-state index is 12.8. The largest absolute Gasteiger partial charge is 0.295 e. The fourth-order valence-corrected chi connectivity index (χ4v) is 4.68. The molecule has 1 N–H and O–H groups in total. The molecule has 0 unspecified atom stereocenters. The molecule has 4 nitrogen and oxygen atoms in total. The highest BCUT2D eigenvalue weighted by Gasteiger charge is 2.21. The second-order valence-corrected chi connectivity index (χ2v) is 8.08. The van der Waals surface area contributed by atoms with E-state index < -0.39 is 15.9 Å². The first-order valence-corrected chi connectivity index (χ1v) is 9.73. The molecule has 0 atom stereocenters. The molecule has 25 heavy (non-hydrogen) atoms. The van der Waals surface area contributed by atoms with Crippen LogP contribution in [0.15, 0.2) is 71.6 Å². The molecule has 6 heteroatoms. The Bertz CT molecular complexity index is 1240. The van der Waals surface area contributed by atoms with Gasteiger partial charge in [-0.3, -0.25) is 9.35 Å². The highest BCUT2D eigenvalue weighted by atomic mass is 32.2. The third kappa shape index (κ3) is 2.74. The lowest BCUT2D eigenvalue weighted by molar-refractivity contribution is 0.103. The number of carbonyl (C=O) groups excluding carboxylic acids is 1. The van der Waals surface area contributed by atoms with Crippen molar-refractivity contribution in [2.75, 3.05) is 0 Å². The van der Waals surface area contributed by atoms with E-state index in [-0.39, 0.29) is 10.5 Å². The number of ketones is 1. The van der Waals surface area contributed by atoms with Crippen LogP contribution in [-0.4, -0.2) is 18.8 Å². The zero-order chi connectivity index (χ0) is 17.6. The minimum atomic E-state index is -4.47. The van der Waals surface area contributed by atoms with Crippen LogP contribution < -0.4 is 0 Å². The number of carbonyl (C=O) groups is 1. The lowest BCUT2D eigenvalue weighted by atomic mass is 10.0. The molecule has 0 fully saturated rings. The van der Waals surface area contributed by atoms with E-state index in [0.29, 0.717) is 5.56 Å². The average Bonchev–Trinajstić information content (AvgIpc) is 2.98. The van der Waals surface area contributed by atoms with Gasteiger partial charge >= 0.3 is 0 Å². The van der Waals surface area contributed by atoms with E-state index in [4.69, 9.17) is 0 Å². The number of fused-ring (bicyclic) bond motifs is 3. The third-order valence-electron chi connectivity index (χ3n) is 4.05. The predicted molar refractivity (Wildman–Crippen MR) is 99.0 cm³/mol. The molecule has 0 bridgehead atoms. The summed E-state index contributed by atoms with van der Waals surface area (Å²) in [6.07, 6.45) is 0. The SMILES string of the molecule is O=C(c1ccc2sc3ccccc3c2c1)c1ccccc1S(=O)(=O)O. The fourth-order valence-electron chi connectivity index (χ4n) is 2.90. The normalized spacial score (nSPS) is 11.9. The van der Waals surface area contributed by atoms with Crippen LogP contribution >= 0.6 is 11.3 Å². The van der Waals surface area contributed by atoms with Crippen molar-refractivity contribution in [3.63, 3.8) is 0 Å². The van der Waals surface area contributed by atoms with Gasteiger partial charge in [0.15, 0.2) is 5.78 Å². The number of benzene rings is 3. The van der Waals surface area contributed by atoms with Crippen LogP contribution in [0.25, 0.3) is 20.2 Å². The monoisotopic (exact) mass is 368 g/mol. The molecule has 0 aliphatic carbocycles. The Balaban J connectivity index is 1.91. The van der Waals surface area contributed by atoms with Gasteiger partial charge < -0.3 is 0 Å². The molecular weight excluding hydrogens is 356 g/mol. The number of thiophene rings is 1. The maximum Gasteiger partial charge on any atom is 0.295 e. The standard InChI is InChI=1S/C19H12O4S2/c20-19(14-6-2-4-8-18(14)25(21,22)23)12-9-10-17-15(11-12)13-5-1-3-7-16(13)24-17/h1-11H,(H,21,22,23). The molecule has 4 aromatic rings. The maximum atomic E-state index is 12.8. The van der Waals surface area contributed by atoms with E-state index in [2.05, 4.69) is 0 Å². The molecule has 0 spiro atoms. The Morgan fingerprint density at radius 2 is 1.52 bits per heavy atom. The molecular formula is C19H12O4S2. The van der Waals surface area contributed by atoms with E-state index in [1.54, 1.807) is 29.5 Å². The Morgan fingerprint density at radius 3 is 2.32 bits per heavy atom. The Morgan fingerprint density at radius 1 is 0.840 bits per heavy atom. The van der Waals surface area contributed by atoms with Gasteiger partial charge in [-0.15, -0.1) is 11.3 Å². The number of rotatable bonds is 3. The summed E-state index contributed by atoms with van der Waals surface area (Å²) in [4.78, 5) is 12.5. The van der Waals surface area contributed by atoms with E-state index in [1.165, 1.54) is 18.2 Å². The van der Waals surface area contributed by atoms with Crippen molar-refractivity contribution in [2.24, 2.45) is 0 Å². The summed E-state index contributed by atoms with van der Waals surface area (Å²) in [6.45, 7) is 0. The van der Waals surface area contributed by atoms with Crippen molar-refractivity contribution in [2.45, 2.75) is 4.90 Å². The Labute approximate surface area is 148 Å². The molecule has 0 aliphatic heterocycles. The van der Waals surface area contributed by atoms with Crippen LogP contribution in [0.4, 0.5) is 0 Å². The summed E-state index contributed by atoms with van der Waals surface area (Å²) < 4.78 is 34.6. The van der Waals surface area contributed by atoms with Gasteiger partial charge in [-0.1, -0.05) is 30.3 Å². The van der Waals surface area contributed by atoms with Gasteiger partial charge in [0.2, 0.25) is 0 Å². The molecule has 3 aromatic carbocycles. The van der Waals surface area contributed by atoms with Crippen LogP contribution in [0.3, 0.4) is 0 Å². The summed E-state index contributed by atoms with van der Waals surface area (Å²) in [5.41, 5.74) is 0.344. The lowest BCUT2D eigenvalue weighted by Gasteiger charge is -2.06. The van der Waals surface area contributed by atoms with E-state index >= 15 is 0 Å². The highest BCUT2D eigenvalue weighted by Crippen LogP contribution is 2.34. The Hall–Kier alpha value is -2.54. The minimum Gasteiger partial charge on any atom is -0.289 e. The summed E-state index contributed by atoms with van der Waals surface area (Å²) in [5, 5.41) is 2.01. The molecule has 0 saturated heterocycles. The summed E-state index contributed by atoms with van der Waals surface area (Å²) >= 11 is 1.64. The molecule has 4 rings (SSSR count). The van der Waals surface area contributed by atoms with Crippen molar-refractivity contribution in [1.82, 2.24) is 0 Å². The van der Waals surface area contributed by atoms with Crippen LogP contribution in [-0.2, 0) is 10.1 Å². The van der Waals surface area contributed by atoms with E-state index in [0.717, 1.165) is 20.2 Å². The van der Waals surface area contributed by atoms with Gasteiger partial charge in [0.05, 0.1) is 0 Å². The number of hydrogen-bond donors (Lipinski definition) is 1. The van der Waals surface area contributed by atoms with Crippen molar-refractivity contribution >= 4 is 47.4 Å². The molecule has 1 aromatic heterocycles. The minimum absolute atomic E-state index is 0.0381. The molecule has 0 amide bonds. The molecule has 124 valence electrons. The first-order chi connectivity index (χ1) is 11.9. The topological polar surface area (TPSA) is 71.4 Å². The van der Waals surface area contributed by atoms with Gasteiger partial charge in [0.25, 0.3) is 10.1 Å². The zero-order valence-corrected chi connectivity index (χ0v) is 14.5. The summed E-state index contributed by atoms with van der Waals surface area (Å²) in [5.74, 6) is -0.439. The van der Waals surface area contributed by atoms with Gasteiger partial charge in [-0.2, -0.15) is 8.42 Å². The quantitative estimate of drug-likeness (QED) is 0.426. The van der Waals surface area contributed by atoms with Crippen molar-refractivity contribution in [1.29, 1.82) is 0 Å². The van der Waals surface area contributed by atoms with E-state index in [1.807, 2.05) is 30.3 Å². The number of hydrogen-bond acceptors (Lipinski definition) is 4. The van der Waals surface area contributed by atoms with Crippen LogP contribution in [0.1, 0.15) is 15.9 Å². The smallest absolute Gasteiger partial charge is 0.289 e. The van der Waals surface area contributed by atoms with Crippen molar-refractivity contribution in [3.8, 4) is 0 Å². The van der Waals surface area contributed by atoms with Gasteiger partial charge in [0.1, 0.15) is 4.90 Å². The second kappa shape index (κ2) is 5.77. The van der Waals surface area contributed by atoms with Crippen molar-refractivity contribution in [3.05, 3.63) is 77.9 Å². The zero-order valence-electron chi connectivity index (χ0n) is 12.8.